The van der Waals surface area contributed by atoms with Crippen molar-refractivity contribution in [2.24, 2.45) is 5.41 Å². The minimum atomic E-state index is -0.470. The Hall–Kier alpha value is -1.24. The minimum absolute atomic E-state index is 0.318. The lowest BCUT2D eigenvalue weighted by molar-refractivity contribution is 0.0283. The lowest BCUT2D eigenvalue weighted by Gasteiger charge is -2.24. The standard InChI is InChI=1S/C11H18N2O2.C2H6/c1-10(2,3)15-9(14)13-6-5-11(4,7-12)8-13;1-2/h5-6,8H2,1-4H3;1-2H3. The molecule has 1 heterocycles. The number of amides is 1. The highest BCUT2D eigenvalue weighted by atomic mass is 16.6. The van der Waals surface area contributed by atoms with Crippen LogP contribution >= 0.6 is 0 Å². The molecule has 1 unspecified atom stereocenters. The van der Waals surface area contributed by atoms with E-state index in [2.05, 4.69) is 6.07 Å². The fourth-order valence-corrected chi connectivity index (χ4v) is 1.53. The zero-order valence-electron chi connectivity index (χ0n) is 11.8. The van der Waals surface area contributed by atoms with Gasteiger partial charge in [-0.3, -0.25) is 0 Å². The van der Waals surface area contributed by atoms with Gasteiger partial charge in [-0.05, 0) is 34.1 Å². The first-order valence-electron chi connectivity index (χ1n) is 6.15. The number of nitrogens with zero attached hydrogens (tertiary/aromatic N) is 2. The summed E-state index contributed by atoms with van der Waals surface area (Å²) < 4.78 is 5.24. The van der Waals surface area contributed by atoms with Crippen LogP contribution in [0.2, 0.25) is 0 Å². The molecule has 1 saturated heterocycles. The molecule has 1 aliphatic rings. The topological polar surface area (TPSA) is 53.3 Å². The quantitative estimate of drug-likeness (QED) is 0.653. The second kappa shape index (κ2) is 5.90. The Kier molecular flexibility index (Phi) is 5.47. The van der Waals surface area contributed by atoms with Gasteiger partial charge in [-0.2, -0.15) is 5.26 Å². The molecule has 1 fully saturated rings. The van der Waals surface area contributed by atoms with Crippen molar-refractivity contribution < 1.29 is 9.53 Å². The van der Waals surface area contributed by atoms with Crippen LogP contribution in [0.3, 0.4) is 0 Å². The van der Waals surface area contributed by atoms with Crippen LogP contribution in [0.4, 0.5) is 4.79 Å². The van der Waals surface area contributed by atoms with Crippen molar-refractivity contribution >= 4 is 6.09 Å². The van der Waals surface area contributed by atoms with E-state index in [0.717, 1.165) is 6.42 Å². The van der Waals surface area contributed by atoms with Gasteiger partial charge in [-0.15, -0.1) is 0 Å². The largest absolute Gasteiger partial charge is 0.444 e. The molecule has 0 bridgehead atoms. The molecule has 0 aliphatic carbocycles. The normalized spacial score (nSPS) is 23.5. The molecular weight excluding hydrogens is 216 g/mol. The van der Waals surface area contributed by atoms with Crippen molar-refractivity contribution in [3.8, 4) is 6.07 Å². The highest BCUT2D eigenvalue weighted by Gasteiger charge is 2.37. The van der Waals surface area contributed by atoms with Crippen molar-refractivity contribution in [3.63, 3.8) is 0 Å². The summed E-state index contributed by atoms with van der Waals surface area (Å²) in [6, 6.07) is 2.24. The van der Waals surface area contributed by atoms with E-state index in [1.54, 1.807) is 4.90 Å². The van der Waals surface area contributed by atoms with Gasteiger partial charge in [-0.1, -0.05) is 13.8 Å². The van der Waals surface area contributed by atoms with Gasteiger partial charge < -0.3 is 9.64 Å². The molecule has 1 atom stereocenters. The number of ether oxygens (including phenoxy) is 1. The number of carbonyl (C=O) groups is 1. The Balaban J connectivity index is 0.00000121. The van der Waals surface area contributed by atoms with Crippen LogP contribution < -0.4 is 0 Å². The minimum Gasteiger partial charge on any atom is -0.444 e. The van der Waals surface area contributed by atoms with Gasteiger partial charge in [0, 0.05) is 13.1 Å². The van der Waals surface area contributed by atoms with Crippen molar-refractivity contribution in [2.45, 2.75) is 53.6 Å². The average molecular weight is 240 g/mol. The van der Waals surface area contributed by atoms with E-state index in [1.165, 1.54) is 0 Å². The molecule has 0 aromatic rings. The first kappa shape index (κ1) is 15.8. The van der Waals surface area contributed by atoms with Crippen LogP contribution in [0.25, 0.3) is 0 Å². The smallest absolute Gasteiger partial charge is 0.410 e. The van der Waals surface area contributed by atoms with Crippen molar-refractivity contribution in [1.29, 1.82) is 5.26 Å². The molecule has 1 rings (SSSR count). The van der Waals surface area contributed by atoms with E-state index < -0.39 is 11.0 Å². The van der Waals surface area contributed by atoms with Crippen molar-refractivity contribution in [1.82, 2.24) is 4.90 Å². The van der Waals surface area contributed by atoms with E-state index in [9.17, 15) is 4.79 Å². The van der Waals surface area contributed by atoms with Crippen LogP contribution in [0.5, 0.6) is 0 Å². The lowest BCUT2D eigenvalue weighted by Crippen LogP contribution is -2.36. The van der Waals surface area contributed by atoms with E-state index in [1.807, 2.05) is 41.5 Å². The summed E-state index contributed by atoms with van der Waals surface area (Å²) in [5.41, 5.74) is -0.875. The predicted molar refractivity (Wildman–Crippen MR) is 67.5 cm³/mol. The Labute approximate surface area is 105 Å². The number of carbonyl (C=O) groups excluding carboxylic acids is 1. The Morgan fingerprint density at radius 3 is 2.29 bits per heavy atom. The van der Waals surface area contributed by atoms with Crippen LogP contribution in [0.1, 0.15) is 48.0 Å². The zero-order valence-corrected chi connectivity index (χ0v) is 11.8. The van der Waals surface area contributed by atoms with E-state index in [4.69, 9.17) is 10.00 Å². The number of hydrogen-bond donors (Lipinski definition) is 0. The average Bonchev–Trinajstić information content (AvgIpc) is 2.63. The summed E-state index contributed by atoms with van der Waals surface area (Å²) in [5, 5.41) is 8.93. The number of hydrogen-bond acceptors (Lipinski definition) is 3. The maximum absolute atomic E-state index is 11.7. The van der Waals surface area contributed by atoms with E-state index in [-0.39, 0.29) is 6.09 Å². The first-order chi connectivity index (χ1) is 7.76. The van der Waals surface area contributed by atoms with Gasteiger partial charge in [0.05, 0.1) is 11.5 Å². The zero-order chi connectivity index (χ0) is 13.7. The Morgan fingerprint density at radius 2 is 1.94 bits per heavy atom. The SMILES string of the molecule is CC.CC1(C#N)CCN(C(=O)OC(C)(C)C)C1. The lowest BCUT2D eigenvalue weighted by atomic mass is 9.92. The highest BCUT2D eigenvalue weighted by molar-refractivity contribution is 5.68. The maximum Gasteiger partial charge on any atom is 0.410 e. The molecule has 0 N–H and O–H groups in total. The van der Waals surface area contributed by atoms with Gasteiger partial charge in [-0.25, -0.2) is 4.79 Å². The summed E-state index contributed by atoms with van der Waals surface area (Å²) >= 11 is 0. The van der Waals surface area contributed by atoms with Crippen molar-refractivity contribution in [2.75, 3.05) is 13.1 Å². The fourth-order valence-electron chi connectivity index (χ4n) is 1.53. The van der Waals surface area contributed by atoms with Gasteiger partial charge >= 0.3 is 6.09 Å². The number of nitriles is 1. The van der Waals surface area contributed by atoms with Gasteiger partial charge in [0.25, 0.3) is 0 Å². The van der Waals surface area contributed by atoms with Crippen LogP contribution in [-0.4, -0.2) is 29.7 Å². The molecule has 98 valence electrons. The third-order valence-electron chi connectivity index (χ3n) is 2.39. The second-order valence-corrected chi connectivity index (χ2v) is 5.32. The van der Waals surface area contributed by atoms with E-state index in [0.29, 0.717) is 13.1 Å². The molecular formula is C13H24N2O2. The first-order valence-corrected chi connectivity index (χ1v) is 6.15. The molecule has 0 radical (unpaired) electrons. The fraction of sp³-hybridized carbons (Fsp3) is 0.846. The van der Waals surface area contributed by atoms with Gasteiger partial charge in [0.1, 0.15) is 5.60 Å². The Bertz CT molecular complexity index is 302. The third kappa shape index (κ3) is 5.08. The molecule has 17 heavy (non-hydrogen) atoms. The molecule has 0 aromatic carbocycles. The summed E-state index contributed by atoms with van der Waals surface area (Å²) in [5.74, 6) is 0. The molecule has 1 aliphatic heterocycles. The van der Waals surface area contributed by atoms with E-state index >= 15 is 0 Å². The van der Waals surface area contributed by atoms with Gasteiger partial charge in [0.15, 0.2) is 0 Å². The van der Waals surface area contributed by atoms with Crippen LogP contribution in [0, 0.1) is 16.7 Å². The summed E-state index contributed by atoms with van der Waals surface area (Å²) in [4.78, 5) is 13.3. The summed E-state index contributed by atoms with van der Waals surface area (Å²) in [6.45, 7) is 12.5. The van der Waals surface area contributed by atoms with Crippen molar-refractivity contribution in [3.05, 3.63) is 0 Å². The van der Waals surface area contributed by atoms with Crippen LogP contribution in [-0.2, 0) is 4.74 Å². The monoisotopic (exact) mass is 240 g/mol. The van der Waals surface area contributed by atoms with Crippen LogP contribution in [0.15, 0.2) is 0 Å². The predicted octanol–water partition coefficient (Wildman–Crippen LogP) is 3.18. The molecule has 4 nitrogen and oxygen atoms in total. The molecule has 4 heteroatoms. The molecule has 0 saturated carbocycles. The second-order valence-electron chi connectivity index (χ2n) is 5.32. The Morgan fingerprint density at radius 1 is 1.41 bits per heavy atom. The molecule has 0 spiro atoms. The maximum atomic E-state index is 11.7. The van der Waals surface area contributed by atoms with Gasteiger partial charge in [0.2, 0.25) is 0 Å². The summed E-state index contributed by atoms with van der Waals surface area (Å²) in [7, 11) is 0. The third-order valence-corrected chi connectivity index (χ3v) is 2.39. The highest BCUT2D eigenvalue weighted by Crippen LogP contribution is 2.29. The molecule has 0 aromatic heterocycles. The number of likely N-dealkylation sites (tertiary alicyclic amines) is 1. The summed E-state index contributed by atoms with van der Waals surface area (Å²) in [6.07, 6.45) is 0.407. The molecule has 1 amide bonds. The number of rotatable bonds is 0.